The predicted molar refractivity (Wildman–Crippen MR) is 69.0 cm³/mol. The van der Waals surface area contributed by atoms with E-state index in [0.29, 0.717) is 18.1 Å². The van der Waals surface area contributed by atoms with Gasteiger partial charge in [-0.1, -0.05) is 0 Å². The first-order chi connectivity index (χ1) is 8.79. The fourth-order valence-corrected chi connectivity index (χ4v) is 2.36. The minimum Gasteiger partial charge on any atom is -0.373 e. The van der Waals surface area contributed by atoms with E-state index in [2.05, 4.69) is 31.8 Å². The van der Waals surface area contributed by atoms with Crippen LogP contribution in [-0.2, 0) is 4.74 Å². The molecule has 0 aliphatic carbocycles. The van der Waals surface area contributed by atoms with Gasteiger partial charge in [-0.05, 0) is 6.92 Å². The Balaban J connectivity index is 1.99. The van der Waals surface area contributed by atoms with Crippen LogP contribution in [0.15, 0.2) is 12.7 Å². The van der Waals surface area contributed by atoms with Crippen molar-refractivity contribution in [3.05, 3.63) is 12.7 Å². The minimum atomic E-state index is 0.0378. The van der Waals surface area contributed by atoms with Crippen molar-refractivity contribution in [3.63, 3.8) is 0 Å². The number of rotatable bonds is 2. The highest BCUT2D eigenvalue weighted by molar-refractivity contribution is 6.18. The molecule has 7 heteroatoms. The maximum Gasteiger partial charge on any atom is 0.182 e. The fraction of sp³-hybridized carbons (Fsp3) is 0.545. The molecule has 2 aromatic heterocycles. The number of fused-ring (bicyclic) bond motifs is 1. The van der Waals surface area contributed by atoms with Gasteiger partial charge < -0.3 is 14.6 Å². The van der Waals surface area contributed by atoms with Crippen LogP contribution in [0.2, 0.25) is 0 Å². The van der Waals surface area contributed by atoms with Gasteiger partial charge in [0.1, 0.15) is 11.8 Å². The van der Waals surface area contributed by atoms with Gasteiger partial charge in [0.2, 0.25) is 0 Å². The van der Waals surface area contributed by atoms with Crippen molar-refractivity contribution < 1.29 is 4.74 Å². The second kappa shape index (κ2) is 4.70. The van der Waals surface area contributed by atoms with Crippen molar-refractivity contribution in [3.8, 4) is 0 Å². The van der Waals surface area contributed by atoms with E-state index in [1.165, 1.54) is 6.33 Å². The lowest BCUT2D eigenvalue weighted by Gasteiger charge is -2.38. The molecule has 18 heavy (non-hydrogen) atoms. The summed E-state index contributed by atoms with van der Waals surface area (Å²) in [6.45, 7) is 3.49. The Kier molecular flexibility index (Phi) is 3.05. The number of H-pyrrole nitrogens is 1. The highest BCUT2D eigenvalue weighted by Gasteiger charge is 2.28. The van der Waals surface area contributed by atoms with Gasteiger partial charge in [-0.25, -0.2) is 15.0 Å². The number of anilines is 1. The van der Waals surface area contributed by atoms with Crippen LogP contribution in [0, 0.1) is 0 Å². The second-order valence-corrected chi connectivity index (χ2v) is 4.72. The highest BCUT2D eigenvalue weighted by Crippen LogP contribution is 2.25. The van der Waals surface area contributed by atoms with E-state index in [9.17, 15) is 0 Å². The molecule has 1 N–H and O–H groups in total. The van der Waals surface area contributed by atoms with Gasteiger partial charge in [0.05, 0.1) is 31.0 Å². The van der Waals surface area contributed by atoms with Crippen LogP contribution >= 0.6 is 11.6 Å². The molecule has 3 heterocycles. The zero-order valence-electron chi connectivity index (χ0n) is 10.0. The molecule has 0 amide bonds. The van der Waals surface area contributed by atoms with Crippen LogP contribution in [0.5, 0.6) is 0 Å². The number of nitrogens with one attached hydrogen (secondary N) is 1. The minimum absolute atomic E-state index is 0.0378. The zero-order valence-corrected chi connectivity index (χ0v) is 10.8. The number of halogens is 1. The van der Waals surface area contributed by atoms with Crippen LogP contribution in [0.3, 0.4) is 0 Å². The molecule has 2 aromatic rings. The quantitative estimate of drug-likeness (QED) is 0.828. The Bertz CT molecular complexity index is 545. The molecular weight excluding hydrogens is 254 g/mol. The number of imidazole rings is 1. The van der Waals surface area contributed by atoms with Crippen molar-refractivity contribution in [2.45, 2.75) is 19.1 Å². The van der Waals surface area contributed by atoms with E-state index in [0.717, 1.165) is 17.9 Å². The summed E-state index contributed by atoms with van der Waals surface area (Å²) in [4.78, 5) is 17.9. The average molecular weight is 268 g/mol. The summed E-state index contributed by atoms with van der Waals surface area (Å²) < 4.78 is 5.64. The molecule has 0 bridgehead atoms. The smallest absolute Gasteiger partial charge is 0.182 e. The Labute approximate surface area is 109 Å². The molecule has 1 fully saturated rings. The Morgan fingerprint density at radius 2 is 2.39 bits per heavy atom. The van der Waals surface area contributed by atoms with E-state index in [1.54, 1.807) is 6.33 Å². The normalized spacial score (nSPS) is 24.7. The van der Waals surface area contributed by atoms with Crippen LogP contribution < -0.4 is 4.90 Å². The third-order valence-electron chi connectivity index (χ3n) is 3.15. The summed E-state index contributed by atoms with van der Waals surface area (Å²) in [6, 6.07) is 0.255. The first kappa shape index (κ1) is 11.7. The number of aromatic nitrogens is 4. The Morgan fingerprint density at radius 3 is 3.22 bits per heavy atom. The molecule has 96 valence electrons. The topological polar surface area (TPSA) is 66.9 Å². The second-order valence-electron chi connectivity index (χ2n) is 4.41. The van der Waals surface area contributed by atoms with Gasteiger partial charge in [0.25, 0.3) is 0 Å². The van der Waals surface area contributed by atoms with Crippen LogP contribution in [0.25, 0.3) is 11.2 Å². The Morgan fingerprint density at radius 1 is 1.50 bits per heavy atom. The van der Waals surface area contributed by atoms with E-state index < -0.39 is 0 Å². The third-order valence-corrected chi connectivity index (χ3v) is 3.50. The lowest BCUT2D eigenvalue weighted by molar-refractivity contribution is 0.0362. The van der Waals surface area contributed by atoms with Crippen molar-refractivity contribution >= 4 is 28.6 Å². The predicted octanol–water partition coefficient (Wildman–Crippen LogP) is 1.19. The number of nitrogens with zero attached hydrogens (tertiary/aromatic N) is 4. The fourth-order valence-electron chi connectivity index (χ4n) is 2.18. The lowest BCUT2D eigenvalue weighted by atomic mass is 10.2. The monoisotopic (exact) mass is 267 g/mol. The number of hydrogen-bond donors (Lipinski definition) is 1. The van der Waals surface area contributed by atoms with Gasteiger partial charge in [0, 0.05) is 6.54 Å². The number of ether oxygens (including phenoxy) is 1. The number of alkyl halides is 1. The third kappa shape index (κ3) is 1.91. The molecule has 0 radical (unpaired) electrons. The highest BCUT2D eigenvalue weighted by atomic mass is 35.5. The summed E-state index contributed by atoms with van der Waals surface area (Å²) >= 11 is 5.87. The van der Waals surface area contributed by atoms with Crippen molar-refractivity contribution in [1.29, 1.82) is 0 Å². The Hall–Kier alpha value is -1.40. The summed E-state index contributed by atoms with van der Waals surface area (Å²) in [5.41, 5.74) is 1.54. The number of aromatic amines is 1. The molecule has 2 atom stereocenters. The van der Waals surface area contributed by atoms with Crippen LogP contribution in [0.1, 0.15) is 6.92 Å². The van der Waals surface area contributed by atoms with Gasteiger partial charge in [0.15, 0.2) is 11.5 Å². The molecule has 0 spiro atoms. The largest absolute Gasteiger partial charge is 0.373 e. The van der Waals surface area contributed by atoms with Crippen LogP contribution in [0.4, 0.5) is 5.82 Å². The molecule has 3 rings (SSSR count). The molecule has 1 aliphatic rings. The first-order valence-corrected chi connectivity index (χ1v) is 6.41. The zero-order chi connectivity index (χ0) is 12.5. The summed E-state index contributed by atoms with van der Waals surface area (Å²) in [5.74, 6) is 1.35. The molecule has 2 unspecified atom stereocenters. The van der Waals surface area contributed by atoms with E-state index in [1.807, 2.05) is 0 Å². The van der Waals surface area contributed by atoms with E-state index in [-0.39, 0.29) is 12.1 Å². The SMILES string of the molecule is CC1COC(CCl)CN1c1ncnc2nc[nH]c12. The van der Waals surface area contributed by atoms with Gasteiger partial charge >= 0.3 is 0 Å². The van der Waals surface area contributed by atoms with Crippen molar-refractivity contribution in [1.82, 2.24) is 19.9 Å². The number of hydrogen-bond acceptors (Lipinski definition) is 5. The van der Waals surface area contributed by atoms with Gasteiger partial charge in [-0.3, -0.25) is 0 Å². The molecule has 1 aliphatic heterocycles. The standard InChI is InChI=1S/C11H14ClN5O/c1-7-4-18-8(2-12)3-17(7)11-9-10(14-5-13-9)15-6-16-11/h5-8H,2-4H2,1H3,(H,13,14,15,16). The van der Waals surface area contributed by atoms with Crippen molar-refractivity contribution in [2.75, 3.05) is 23.9 Å². The number of morpholine rings is 1. The molecular formula is C11H14ClN5O. The summed E-state index contributed by atoms with van der Waals surface area (Å²) in [5, 5.41) is 0. The maximum absolute atomic E-state index is 5.87. The molecule has 0 saturated carbocycles. The van der Waals surface area contributed by atoms with Crippen LogP contribution in [-0.4, -0.2) is 51.1 Å². The maximum atomic E-state index is 5.87. The first-order valence-electron chi connectivity index (χ1n) is 5.88. The average Bonchev–Trinajstić information content (AvgIpc) is 2.87. The summed E-state index contributed by atoms with van der Waals surface area (Å²) in [7, 11) is 0. The molecule has 0 aromatic carbocycles. The van der Waals surface area contributed by atoms with Gasteiger partial charge in [-0.2, -0.15) is 0 Å². The molecule has 6 nitrogen and oxygen atoms in total. The van der Waals surface area contributed by atoms with E-state index >= 15 is 0 Å². The lowest BCUT2D eigenvalue weighted by Crippen LogP contribution is -2.49. The molecule has 1 saturated heterocycles. The summed E-state index contributed by atoms with van der Waals surface area (Å²) in [6.07, 6.45) is 3.21. The van der Waals surface area contributed by atoms with E-state index in [4.69, 9.17) is 16.3 Å². The van der Waals surface area contributed by atoms with Gasteiger partial charge in [-0.15, -0.1) is 11.6 Å². The van der Waals surface area contributed by atoms with Crippen molar-refractivity contribution in [2.24, 2.45) is 0 Å².